The van der Waals surface area contributed by atoms with Gasteiger partial charge in [-0.3, -0.25) is 14.4 Å². The van der Waals surface area contributed by atoms with Crippen molar-refractivity contribution in [1.29, 1.82) is 0 Å². The van der Waals surface area contributed by atoms with Crippen LogP contribution in [0, 0.1) is 5.41 Å². The molecule has 28 heavy (non-hydrogen) atoms. The smallest absolute Gasteiger partial charge is 0.246 e. The summed E-state index contributed by atoms with van der Waals surface area (Å²) in [4.78, 5) is 41.9. The van der Waals surface area contributed by atoms with Gasteiger partial charge in [0.05, 0.1) is 11.1 Å². The number of hydrogen-bond donors (Lipinski definition) is 0. The Labute approximate surface area is 164 Å². The molecule has 2 aliphatic carbocycles. The standard InChI is InChI=1S/C23H23NO4/c1-22(2)11-16(26)20-18(12-22)28-17-10-6-9-15(25)19(17)23(20)13-7-4-5-8-14(13)24(3)21(23)27/h4-5,7-8H,6,9-12H2,1-3H3/t23-/m1/s1. The van der Waals surface area contributed by atoms with Crippen LogP contribution in [0.1, 0.15) is 51.5 Å². The minimum Gasteiger partial charge on any atom is -0.465 e. The van der Waals surface area contributed by atoms with Crippen LogP contribution in [0.25, 0.3) is 0 Å². The van der Waals surface area contributed by atoms with E-state index < -0.39 is 5.41 Å². The number of hydrogen-bond acceptors (Lipinski definition) is 4. The molecule has 5 nitrogen and oxygen atoms in total. The highest BCUT2D eigenvalue weighted by Gasteiger charge is 2.63. The number of fused-ring (bicyclic) bond motifs is 4. The second-order valence-corrected chi connectivity index (χ2v) is 9.05. The summed E-state index contributed by atoms with van der Waals surface area (Å²) in [5, 5.41) is 0. The van der Waals surface area contributed by atoms with Crippen LogP contribution < -0.4 is 4.90 Å². The summed E-state index contributed by atoms with van der Waals surface area (Å²) in [6.07, 6.45) is 2.63. The zero-order chi connectivity index (χ0) is 19.8. The average Bonchev–Trinajstić information content (AvgIpc) is 2.84. The van der Waals surface area contributed by atoms with Gasteiger partial charge in [-0.1, -0.05) is 32.0 Å². The van der Waals surface area contributed by atoms with Gasteiger partial charge in [-0.2, -0.15) is 0 Å². The highest BCUT2D eigenvalue weighted by Crippen LogP contribution is 2.59. The summed E-state index contributed by atoms with van der Waals surface area (Å²) >= 11 is 0. The van der Waals surface area contributed by atoms with Crippen molar-refractivity contribution in [2.24, 2.45) is 5.41 Å². The SMILES string of the molecule is CN1C(=O)[C@@]2(C3=C(CCCC3=O)OC3=C2C(=O)CC(C)(C)C3)c2ccccc21. The maximum Gasteiger partial charge on any atom is 0.246 e. The first kappa shape index (κ1) is 17.4. The van der Waals surface area contributed by atoms with Gasteiger partial charge in [0.15, 0.2) is 11.6 Å². The van der Waals surface area contributed by atoms with Crippen molar-refractivity contribution in [3.05, 3.63) is 52.5 Å². The van der Waals surface area contributed by atoms with E-state index in [2.05, 4.69) is 0 Å². The van der Waals surface area contributed by atoms with E-state index in [0.717, 1.165) is 11.3 Å². The molecule has 0 aromatic heterocycles. The van der Waals surface area contributed by atoms with Crippen LogP contribution in [-0.2, 0) is 24.5 Å². The molecule has 1 atom stereocenters. The molecule has 5 rings (SSSR count). The molecule has 0 bridgehead atoms. The predicted octanol–water partition coefficient (Wildman–Crippen LogP) is 3.58. The minimum absolute atomic E-state index is 0.0797. The molecule has 0 unspecified atom stereocenters. The number of carbonyl (C=O) groups is 3. The molecular weight excluding hydrogens is 354 g/mol. The number of para-hydroxylation sites is 1. The Morgan fingerprint density at radius 1 is 0.929 bits per heavy atom. The molecule has 144 valence electrons. The maximum absolute atomic E-state index is 13.8. The predicted molar refractivity (Wildman–Crippen MR) is 104 cm³/mol. The van der Waals surface area contributed by atoms with Gasteiger partial charge >= 0.3 is 0 Å². The highest BCUT2D eigenvalue weighted by molar-refractivity contribution is 6.24. The average molecular weight is 377 g/mol. The molecule has 2 heterocycles. The lowest BCUT2D eigenvalue weighted by Gasteiger charge is -2.44. The van der Waals surface area contributed by atoms with Crippen LogP contribution in [0.3, 0.4) is 0 Å². The second kappa shape index (κ2) is 5.43. The lowest BCUT2D eigenvalue weighted by atomic mass is 9.59. The van der Waals surface area contributed by atoms with Gasteiger partial charge in [0, 0.05) is 44.0 Å². The minimum atomic E-state index is -1.35. The van der Waals surface area contributed by atoms with Gasteiger partial charge in [0.25, 0.3) is 0 Å². The third-order valence-corrected chi connectivity index (χ3v) is 6.49. The van der Waals surface area contributed by atoms with Crippen LogP contribution in [0.4, 0.5) is 5.69 Å². The van der Waals surface area contributed by atoms with Gasteiger partial charge in [0.1, 0.15) is 16.9 Å². The Hall–Kier alpha value is -2.69. The van der Waals surface area contributed by atoms with Crippen LogP contribution in [0.2, 0.25) is 0 Å². The number of nitrogens with zero attached hydrogens (tertiary/aromatic N) is 1. The summed E-state index contributed by atoms with van der Waals surface area (Å²) in [6, 6.07) is 7.50. The second-order valence-electron chi connectivity index (χ2n) is 9.05. The van der Waals surface area contributed by atoms with E-state index in [-0.39, 0.29) is 22.9 Å². The van der Waals surface area contributed by atoms with Crippen LogP contribution in [-0.4, -0.2) is 24.5 Å². The summed E-state index contributed by atoms with van der Waals surface area (Å²) in [5.74, 6) is 0.769. The first-order chi connectivity index (χ1) is 13.3. The fraction of sp³-hybridized carbons (Fsp3) is 0.435. The van der Waals surface area contributed by atoms with Crippen molar-refractivity contribution in [2.45, 2.75) is 51.4 Å². The monoisotopic (exact) mass is 377 g/mol. The van der Waals surface area contributed by atoms with Crippen molar-refractivity contribution >= 4 is 23.2 Å². The molecular formula is C23H23NO4. The first-order valence-electron chi connectivity index (χ1n) is 9.86. The van der Waals surface area contributed by atoms with E-state index in [1.54, 1.807) is 11.9 Å². The van der Waals surface area contributed by atoms with Crippen LogP contribution in [0.15, 0.2) is 46.9 Å². The molecule has 1 amide bonds. The number of likely N-dealkylation sites (N-methyl/N-ethyl adjacent to an activating group) is 1. The van der Waals surface area contributed by atoms with E-state index in [1.807, 2.05) is 38.1 Å². The molecule has 5 heteroatoms. The number of carbonyl (C=O) groups excluding carboxylic acids is 3. The van der Waals surface area contributed by atoms with E-state index >= 15 is 0 Å². The zero-order valence-electron chi connectivity index (χ0n) is 16.4. The summed E-state index contributed by atoms with van der Waals surface area (Å²) in [6.45, 7) is 4.08. The van der Waals surface area contributed by atoms with Crippen molar-refractivity contribution in [3.8, 4) is 0 Å². The van der Waals surface area contributed by atoms with Crippen LogP contribution >= 0.6 is 0 Å². The molecule has 0 N–H and O–H groups in total. The van der Waals surface area contributed by atoms with Crippen molar-refractivity contribution in [1.82, 2.24) is 0 Å². The zero-order valence-corrected chi connectivity index (χ0v) is 16.4. The van der Waals surface area contributed by atoms with E-state index in [9.17, 15) is 14.4 Å². The maximum atomic E-state index is 13.8. The third kappa shape index (κ3) is 1.99. The number of allylic oxidation sites excluding steroid dienone is 2. The third-order valence-electron chi connectivity index (χ3n) is 6.49. The summed E-state index contributed by atoms with van der Waals surface area (Å²) in [7, 11) is 1.72. The Balaban J connectivity index is 1.89. The van der Waals surface area contributed by atoms with Gasteiger partial charge in [-0.05, 0) is 17.9 Å². The van der Waals surface area contributed by atoms with E-state index in [4.69, 9.17) is 4.74 Å². The first-order valence-corrected chi connectivity index (χ1v) is 9.86. The molecule has 0 saturated carbocycles. The molecule has 0 radical (unpaired) electrons. The lowest BCUT2D eigenvalue weighted by molar-refractivity contribution is -0.127. The quantitative estimate of drug-likeness (QED) is 0.693. The Bertz CT molecular complexity index is 1030. The van der Waals surface area contributed by atoms with Crippen molar-refractivity contribution in [2.75, 3.05) is 11.9 Å². The Morgan fingerprint density at radius 3 is 2.43 bits per heavy atom. The molecule has 0 saturated heterocycles. The fourth-order valence-corrected chi connectivity index (χ4v) is 5.42. The van der Waals surface area contributed by atoms with E-state index in [0.29, 0.717) is 54.8 Å². The number of amides is 1. The molecule has 1 aromatic carbocycles. The topological polar surface area (TPSA) is 63.7 Å². The van der Waals surface area contributed by atoms with Crippen LogP contribution in [0.5, 0.6) is 0 Å². The number of rotatable bonds is 0. The summed E-state index contributed by atoms with van der Waals surface area (Å²) in [5.41, 5.74) is 0.688. The largest absolute Gasteiger partial charge is 0.465 e. The molecule has 2 aliphatic heterocycles. The fourth-order valence-electron chi connectivity index (χ4n) is 5.42. The van der Waals surface area contributed by atoms with Crippen molar-refractivity contribution in [3.63, 3.8) is 0 Å². The van der Waals surface area contributed by atoms with Gasteiger partial charge in [0.2, 0.25) is 5.91 Å². The normalized spacial score (nSPS) is 28.4. The van der Waals surface area contributed by atoms with Gasteiger partial charge in [-0.25, -0.2) is 0 Å². The lowest BCUT2D eigenvalue weighted by Crippen LogP contribution is -2.51. The molecule has 1 aromatic rings. The van der Waals surface area contributed by atoms with Gasteiger partial charge in [-0.15, -0.1) is 0 Å². The molecule has 0 fully saturated rings. The molecule has 4 aliphatic rings. The number of anilines is 1. The number of ether oxygens (including phenoxy) is 1. The van der Waals surface area contributed by atoms with Gasteiger partial charge < -0.3 is 9.64 Å². The number of Topliss-reactive ketones (excluding diaryl/α,β-unsaturated/α-hetero) is 2. The van der Waals surface area contributed by atoms with E-state index in [1.165, 1.54) is 0 Å². The summed E-state index contributed by atoms with van der Waals surface area (Å²) < 4.78 is 6.20. The molecule has 1 spiro atoms. The number of ketones is 2. The Kier molecular flexibility index (Phi) is 3.38. The highest BCUT2D eigenvalue weighted by atomic mass is 16.5. The number of benzene rings is 1. The van der Waals surface area contributed by atoms with Crippen molar-refractivity contribution < 1.29 is 19.1 Å². The Morgan fingerprint density at radius 2 is 1.64 bits per heavy atom.